The van der Waals surface area contributed by atoms with Crippen molar-refractivity contribution in [3.63, 3.8) is 0 Å². The summed E-state index contributed by atoms with van der Waals surface area (Å²) < 4.78 is 14.0. The van der Waals surface area contributed by atoms with E-state index < -0.39 is 0 Å². The normalized spacial score (nSPS) is 16.8. The Labute approximate surface area is 136 Å². The number of piperazine rings is 1. The molecule has 1 atom stereocenters. The van der Waals surface area contributed by atoms with Crippen LogP contribution in [0.3, 0.4) is 0 Å². The van der Waals surface area contributed by atoms with Gasteiger partial charge >= 0.3 is 0 Å². The fourth-order valence-electron chi connectivity index (χ4n) is 3.20. The number of anilines is 1. The standard InChI is InChI=1S/C19H20FN3/c1-15(17-7-3-4-8-18(17)20)22-10-12-23(13-11-22)19-9-5-2-6-16(19)14-21/h2-9,15H,10-13H2,1H3. The number of benzene rings is 2. The van der Waals surface area contributed by atoms with E-state index in [-0.39, 0.29) is 11.9 Å². The lowest BCUT2D eigenvalue weighted by molar-refractivity contribution is 0.195. The van der Waals surface area contributed by atoms with Crippen LogP contribution < -0.4 is 4.90 Å². The van der Waals surface area contributed by atoms with E-state index in [0.29, 0.717) is 5.56 Å². The SMILES string of the molecule is CC(c1ccccc1F)N1CCN(c2ccccc2C#N)CC1. The van der Waals surface area contributed by atoms with Crippen LogP contribution in [0.4, 0.5) is 10.1 Å². The second-order valence-corrected chi connectivity index (χ2v) is 5.85. The molecule has 1 saturated heterocycles. The molecule has 0 spiro atoms. The molecule has 3 rings (SSSR count). The fraction of sp³-hybridized carbons (Fsp3) is 0.316. The van der Waals surface area contributed by atoms with Crippen LogP contribution in [0.15, 0.2) is 48.5 Å². The predicted molar refractivity (Wildman–Crippen MR) is 89.8 cm³/mol. The van der Waals surface area contributed by atoms with Gasteiger partial charge in [0.15, 0.2) is 0 Å². The first kappa shape index (κ1) is 15.5. The van der Waals surface area contributed by atoms with Gasteiger partial charge in [0.1, 0.15) is 11.9 Å². The van der Waals surface area contributed by atoms with Crippen molar-refractivity contribution < 1.29 is 4.39 Å². The minimum atomic E-state index is -0.141. The third-order valence-electron chi connectivity index (χ3n) is 4.58. The van der Waals surface area contributed by atoms with Crippen molar-refractivity contribution in [2.45, 2.75) is 13.0 Å². The first-order valence-electron chi connectivity index (χ1n) is 7.93. The van der Waals surface area contributed by atoms with Gasteiger partial charge in [-0.3, -0.25) is 4.90 Å². The Kier molecular flexibility index (Phi) is 4.59. The molecule has 0 bridgehead atoms. The number of rotatable bonds is 3. The maximum Gasteiger partial charge on any atom is 0.127 e. The van der Waals surface area contributed by atoms with Crippen molar-refractivity contribution in [3.8, 4) is 6.07 Å². The van der Waals surface area contributed by atoms with Gasteiger partial charge in [0.05, 0.1) is 11.3 Å². The van der Waals surface area contributed by atoms with Gasteiger partial charge < -0.3 is 4.90 Å². The second kappa shape index (κ2) is 6.80. The van der Waals surface area contributed by atoms with E-state index in [1.807, 2.05) is 36.4 Å². The number of halogens is 1. The highest BCUT2D eigenvalue weighted by Crippen LogP contribution is 2.26. The molecule has 1 aliphatic heterocycles. The highest BCUT2D eigenvalue weighted by molar-refractivity contribution is 5.59. The van der Waals surface area contributed by atoms with Crippen LogP contribution in [0.25, 0.3) is 0 Å². The van der Waals surface area contributed by atoms with Crippen molar-refractivity contribution in [3.05, 3.63) is 65.5 Å². The van der Waals surface area contributed by atoms with Crippen molar-refractivity contribution in [2.75, 3.05) is 31.1 Å². The number of hydrogen-bond acceptors (Lipinski definition) is 3. The van der Waals surface area contributed by atoms with Crippen LogP contribution in [0.2, 0.25) is 0 Å². The summed E-state index contributed by atoms with van der Waals surface area (Å²) in [4.78, 5) is 4.53. The minimum Gasteiger partial charge on any atom is -0.368 e. The molecular weight excluding hydrogens is 289 g/mol. The third-order valence-corrected chi connectivity index (χ3v) is 4.58. The molecule has 2 aromatic rings. The summed E-state index contributed by atoms with van der Waals surface area (Å²) in [6, 6.07) is 17.0. The minimum absolute atomic E-state index is 0.0598. The Bertz CT molecular complexity index is 715. The van der Waals surface area contributed by atoms with Gasteiger partial charge in [-0.2, -0.15) is 5.26 Å². The van der Waals surface area contributed by atoms with E-state index in [0.717, 1.165) is 37.4 Å². The Balaban J connectivity index is 1.69. The lowest BCUT2D eigenvalue weighted by Gasteiger charge is -2.39. The number of hydrogen-bond donors (Lipinski definition) is 0. The molecule has 0 amide bonds. The van der Waals surface area contributed by atoms with E-state index in [1.165, 1.54) is 6.07 Å². The Morgan fingerprint density at radius 2 is 1.65 bits per heavy atom. The van der Waals surface area contributed by atoms with E-state index in [2.05, 4.69) is 22.8 Å². The van der Waals surface area contributed by atoms with Crippen molar-refractivity contribution in [2.24, 2.45) is 0 Å². The molecule has 1 heterocycles. The van der Waals surface area contributed by atoms with Gasteiger partial charge in [0.25, 0.3) is 0 Å². The summed E-state index contributed by atoms with van der Waals surface area (Å²) in [7, 11) is 0. The summed E-state index contributed by atoms with van der Waals surface area (Å²) in [6.07, 6.45) is 0. The summed E-state index contributed by atoms with van der Waals surface area (Å²) in [5.41, 5.74) is 2.45. The van der Waals surface area contributed by atoms with Crippen LogP contribution in [-0.4, -0.2) is 31.1 Å². The van der Waals surface area contributed by atoms with Gasteiger partial charge in [-0.25, -0.2) is 4.39 Å². The average molecular weight is 309 g/mol. The lowest BCUT2D eigenvalue weighted by Crippen LogP contribution is -2.47. The van der Waals surface area contributed by atoms with Gasteiger partial charge in [-0.15, -0.1) is 0 Å². The zero-order valence-corrected chi connectivity index (χ0v) is 13.2. The Hall–Kier alpha value is -2.38. The second-order valence-electron chi connectivity index (χ2n) is 5.85. The van der Waals surface area contributed by atoms with E-state index >= 15 is 0 Å². The Morgan fingerprint density at radius 3 is 2.35 bits per heavy atom. The molecule has 118 valence electrons. The van der Waals surface area contributed by atoms with Gasteiger partial charge in [0, 0.05) is 37.8 Å². The summed E-state index contributed by atoms with van der Waals surface area (Å²) >= 11 is 0. The van der Waals surface area contributed by atoms with Crippen LogP contribution in [0.5, 0.6) is 0 Å². The fourth-order valence-corrected chi connectivity index (χ4v) is 3.20. The molecule has 0 N–H and O–H groups in total. The zero-order valence-electron chi connectivity index (χ0n) is 13.2. The van der Waals surface area contributed by atoms with E-state index in [1.54, 1.807) is 6.07 Å². The molecule has 0 aliphatic carbocycles. The molecule has 3 nitrogen and oxygen atoms in total. The smallest absolute Gasteiger partial charge is 0.127 e. The molecule has 0 radical (unpaired) electrons. The number of nitriles is 1. The molecule has 1 unspecified atom stereocenters. The van der Waals surface area contributed by atoms with Gasteiger partial charge in [-0.05, 0) is 25.1 Å². The van der Waals surface area contributed by atoms with Gasteiger partial charge in [0.2, 0.25) is 0 Å². The van der Waals surface area contributed by atoms with Crippen LogP contribution in [0, 0.1) is 17.1 Å². The molecule has 0 aromatic heterocycles. The van der Waals surface area contributed by atoms with Crippen molar-refractivity contribution >= 4 is 5.69 Å². The maximum absolute atomic E-state index is 14.0. The van der Waals surface area contributed by atoms with Gasteiger partial charge in [-0.1, -0.05) is 30.3 Å². The molecule has 1 fully saturated rings. The maximum atomic E-state index is 14.0. The van der Waals surface area contributed by atoms with Crippen LogP contribution in [0.1, 0.15) is 24.1 Å². The first-order chi connectivity index (χ1) is 11.2. The van der Waals surface area contributed by atoms with Crippen LogP contribution in [-0.2, 0) is 0 Å². The third kappa shape index (κ3) is 3.20. The predicted octanol–water partition coefficient (Wildman–Crippen LogP) is 3.58. The quantitative estimate of drug-likeness (QED) is 0.868. The highest BCUT2D eigenvalue weighted by Gasteiger charge is 2.24. The van der Waals surface area contributed by atoms with Crippen molar-refractivity contribution in [1.29, 1.82) is 5.26 Å². The molecular formula is C19H20FN3. The lowest BCUT2D eigenvalue weighted by atomic mass is 10.0. The number of nitrogens with zero attached hydrogens (tertiary/aromatic N) is 3. The monoisotopic (exact) mass is 309 g/mol. The first-order valence-corrected chi connectivity index (χ1v) is 7.93. The van der Waals surface area contributed by atoms with E-state index in [4.69, 9.17) is 0 Å². The topological polar surface area (TPSA) is 30.3 Å². The summed E-state index contributed by atoms with van der Waals surface area (Å²) in [5, 5.41) is 9.24. The zero-order chi connectivity index (χ0) is 16.2. The van der Waals surface area contributed by atoms with Crippen LogP contribution >= 0.6 is 0 Å². The highest BCUT2D eigenvalue weighted by atomic mass is 19.1. The molecule has 1 aliphatic rings. The largest absolute Gasteiger partial charge is 0.368 e. The molecule has 4 heteroatoms. The number of para-hydroxylation sites is 1. The summed E-state index contributed by atoms with van der Waals surface area (Å²) in [6.45, 7) is 5.46. The van der Waals surface area contributed by atoms with E-state index in [9.17, 15) is 9.65 Å². The summed E-state index contributed by atoms with van der Waals surface area (Å²) in [5.74, 6) is -0.141. The molecule has 2 aromatic carbocycles. The molecule has 23 heavy (non-hydrogen) atoms. The molecule has 0 saturated carbocycles. The van der Waals surface area contributed by atoms with Crippen molar-refractivity contribution in [1.82, 2.24) is 4.90 Å². The Morgan fingerprint density at radius 1 is 1.00 bits per heavy atom. The average Bonchev–Trinajstić information content (AvgIpc) is 2.61.